The SMILES string of the molecule is CCOC(=O)C1=C(c2ccc(OCCCOCc3ccccc3OC)cc2)C[C@@H]2CN(C(C)=O)C[C@H]1N2C(=O)OC(C)(C)C(Cl)(Cl)Cl. The number of alkyl halides is 3. The van der Waals surface area contributed by atoms with Crippen LogP contribution in [-0.2, 0) is 30.4 Å². The van der Waals surface area contributed by atoms with Gasteiger partial charge in [-0.1, -0.05) is 65.1 Å². The van der Waals surface area contributed by atoms with Crippen LogP contribution in [0.5, 0.6) is 11.5 Å². The number of halogens is 3. The summed E-state index contributed by atoms with van der Waals surface area (Å²) in [5, 5.41) is 0. The van der Waals surface area contributed by atoms with E-state index in [1.807, 2.05) is 48.5 Å². The lowest BCUT2D eigenvalue weighted by atomic mass is 9.82. The molecule has 2 aromatic carbocycles. The van der Waals surface area contributed by atoms with Crippen LogP contribution in [0.25, 0.3) is 5.57 Å². The first-order valence-electron chi connectivity index (χ1n) is 15.4. The van der Waals surface area contributed by atoms with Crippen LogP contribution in [0.2, 0.25) is 0 Å². The predicted octanol–water partition coefficient (Wildman–Crippen LogP) is 6.59. The van der Waals surface area contributed by atoms with Crippen molar-refractivity contribution in [1.82, 2.24) is 9.80 Å². The molecule has 0 aliphatic carbocycles. The molecular weight excluding hydrogens is 671 g/mol. The molecule has 2 aliphatic rings. The molecule has 2 bridgehead atoms. The summed E-state index contributed by atoms with van der Waals surface area (Å²) in [6.45, 7) is 8.01. The van der Waals surface area contributed by atoms with Crippen LogP contribution in [0.4, 0.5) is 4.79 Å². The number of benzene rings is 2. The highest BCUT2D eigenvalue weighted by Crippen LogP contribution is 2.43. The smallest absolute Gasteiger partial charge is 0.411 e. The maximum atomic E-state index is 13.7. The topological polar surface area (TPSA) is 104 Å². The van der Waals surface area contributed by atoms with Gasteiger partial charge in [-0.3, -0.25) is 9.69 Å². The fourth-order valence-corrected chi connectivity index (χ4v) is 5.74. The number of carbonyl (C=O) groups is 3. The van der Waals surface area contributed by atoms with Crippen LogP contribution in [0.15, 0.2) is 54.1 Å². The zero-order chi connectivity index (χ0) is 34.4. The van der Waals surface area contributed by atoms with Gasteiger partial charge in [0.25, 0.3) is 0 Å². The fourth-order valence-electron chi connectivity index (χ4n) is 5.62. The second-order valence-corrected chi connectivity index (χ2v) is 14.1. The summed E-state index contributed by atoms with van der Waals surface area (Å²) in [7, 11) is 1.64. The molecule has 0 spiro atoms. The Hall–Kier alpha value is -3.18. The van der Waals surface area contributed by atoms with Gasteiger partial charge in [0.05, 0.1) is 51.2 Å². The van der Waals surface area contributed by atoms with E-state index in [4.69, 9.17) is 58.5 Å². The zero-order valence-electron chi connectivity index (χ0n) is 27.2. The van der Waals surface area contributed by atoms with Gasteiger partial charge in [-0.05, 0) is 56.5 Å². The third-order valence-electron chi connectivity index (χ3n) is 8.18. The molecule has 1 saturated heterocycles. The summed E-state index contributed by atoms with van der Waals surface area (Å²) in [4.78, 5) is 42.7. The van der Waals surface area contributed by atoms with Crippen molar-refractivity contribution in [2.75, 3.05) is 40.0 Å². The number of hydrogen-bond acceptors (Lipinski definition) is 8. The van der Waals surface area contributed by atoms with Crippen molar-refractivity contribution in [3.05, 3.63) is 65.2 Å². The van der Waals surface area contributed by atoms with E-state index in [1.54, 1.807) is 18.9 Å². The highest BCUT2D eigenvalue weighted by molar-refractivity contribution is 6.68. The van der Waals surface area contributed by atoms with Crippen LogP contribution in [-0.4, -0.2) is 89.3 Å². The molecule has 0 N–H and O–H groups in total. The number of hydrogen-bond donors (Lipinski definition) is 0. The Kier molecular flexibility index (Phi) is 12.3. The molecule has 2 heterocycles. The maximum absolute atomic E-state index is 13.7. The standard InChI is InChI=1S/C34H41Cl3N2O8/c1-6-45-31(41)30-27(18-25-19-38(22(2)40)20-28(30)39(25)32(42)47-33(3,4)34(35,36)37)23-12-14-26(15-13-23)46-17-9-16-44-21-24-10-7-8-11-29(24)43-5/h7-8,10-15,25,28H,6,9,16-21H2,1-5H3/t25-,28-/m1/s1. The van der Waals surface area contributed by atoms with E-state index >= 15 is 0 Å². The molecule has 0 radical (unpaired) electrons. The molecule has 0 unspecified atom stereocenters. The van der Waals surface area contributed by atoms with Crippen molar-refractivity contribution >= 4 is 58.3 Å². The van der Waals surface area contributed by atoms with E-state index in [1.165, 1.54) is 25.7 Å². The monoisotopic (exact) mass is 710 g/mol. The molecule has 10 nitrogen and oxygen atoms in total. The summed E-state index contributed by atoms with van der Waals surface area (Å²) in [5.41, 5.74) is 1.28. The number of methoxy groups -OCH3 is 1. The van der Waals surface area contributed by atoms with Gasteiger partial charge in [0, 0.05) is 32.0 Å². The van der Waals surface area contributed by atoms with Gasteiger partial charge in [0.1, 0.15) is 11.5 Å². The Balaban J connectivity index is 1.50. The minimum absolute atomic E-state index is 0.0765. The van der Waals surface area contributed by atoms with Crippen LogP contribution in [0.3, 0.4) is 0 Å². The van der Waals surface area contributed by atoms with E-state index in [-0.39, 0.29) is 37.6 Å². The Morgan fingerprint density at radius 1 is 0.979 bits per heavy atom. The first kappa shape index (κ1) is 36.7. The fraction of sp³-hybridized carbons (Fsp3) is 0.500. The quantitative estimate of drug-likeness (QED) is 0.138. The highest BCUT2D eigenvalue weighted by atomic mass is 35.6. The van der Waals surface area contributed by atoms with Crippen molar-refractivity contribution < 1.29 is 38.1 Å². The Labute approximate surface area is 290 Å². The predicted molar refractivity (Wildman–Crippen MR) is 180 cm³/mol. The van der Waals surface area contributed by atoms with E-state index in [0.29, 0.717) is 32.0 Å². The van der Waals surface area contributed by atoms with Gasteiger partial charge < -0.3 is 28.6 Å². The summed E-state index contributed by atoms with van der Waals surface area (Å²) < 4.78 is 26.3. The summed E-state index contributed by atoms with van der Waals surface area (Å²) in [5.74, 6) is 0.699. The number of piperazine rings is 1. The van der Waals surface area contributed by atoms with Gasteiger partial charge in [0.15, 0.2) is 5.60 Å². The zero-order valence-corrected chi connectivity index (χ0v) is 29.5. The molecule has 4 rings (SSSR count). The summed E-state index contributed by atoms with van der Waals surface area (Å²) in [6.07, 6.45) is 0.198. The molecule has 0 aromatic heterocycles. The Morgan fingerprint density at radius 3 is 2.32 bits per heavy atom. The Bertz CT molecular complexity index is 1460. The minimum atomic E-state index is -1.91. The Morgan fingerprint density at radius 2 is 1.68 bits per heavy atom. The number of esters is 1. The summed E-state index contributed by atoms with van der Waals surface area (Å²) in [6, 6.07) is 13.8. The number of carbonyl (C=O) groups excluding carboxylic acids is 3. The first-order valence-corrected chi connectivity index (χ1v) is 16.6. The molecule has 13 heteroatoms. The molecule has 2 aliphatic heterocycles. The first-order chi connectivity index (χ1) is 22.3. The normalized spacial score (nSPS) is 18.1. The van der Waals surface area contributed by atoms with Crippen LogP contribution < -0.4 is 9.47 Å². The second-order valence-electron chi connectivity index (χ2n) is 11.8. The number of nitrogens with zero attached hydrogens (tertiary/aromatic N) is 2. The summed E-state index contributed by atoms with van der Waals surface area (Å²) >= 11 is 18.3. The van der Waals surface area contributed by atoms with Crippen molar-refractivity contribution in [2.24, 2.45) is 0 Å². The average Bonchev–Trinajstić information content (AvgIpc) is 3.01. The molecule has 47 heavy (non-hydrogen) atoms. The largest absolute Gasteiger partial charge is 0.496 e. The number of amides is 2. The van der Waals surface area contributed by atoms with Gasteiger partial charge >= 0.3 is 12.1 Å². The van der Waals surface area contributed by atoms with Crippen molar-refractivity contribution in [2.45, 2.75) is 68.6 Å². The van der Waals surface area contributed by atoms with Gasteiger partial charge in [-0.15, -0.1) is 0 Å². The number of fused-ring (bicyclic) bond motifs is 2. The lowest BCUT2D eigenvalue weighted by Crippen LogP contribution is -2.65. The van der Waals surface area contributed by atoms with Gasteiger partial charge in [-0.2, -0.15) is 0 Å². The van der Waals surface area contributed by atoms with E-state index in [2.05, 4.69) is 0 Å². The van der Waals surface area contributed by atoms with Gasteiger partial charge in [0.2, 0.25) is 9.70 Å². The lowest BCUT2D eigenvalue weighted by molar-refractivity contribution is -0.142. The van der Waals surface area contributed by atoms with E-state index < -0.39 is 33.5 Å². The molecule has 0 saturated carbocycles. The van der Waals surface area contributed by atoms with Crippen molar-refractivity contribution in [3.63, 3.8) is 0 Å². The van der Waals surface area contributed by atoms with Crippen LogP contribution in [0.1, 0.15) is 51.7 Å². The van der Waals surface area contributed by atoms with Crippen molar-refractivity contribution in [3.8, 4) is 11.5 Å². The highest BCUT2D eigenvalue weighted by Gasteiger charge is 2.51. The maximum Gasteiger partial charge on any atom is 0.411 e. The van der Waals surface area contributed by atoms with E-state index in [0.717, 1.165) is 22.4 Å². The molecule has 2 atom stereocenters. The number of para-hydroxylation sites is 1. The molecular formula is C34H41Cl3N2O8. The number of rotatable bonds is 12. The lowest BCUT2D eigenvalue weighted by Gasteiger charge is -2.50. The second kappa shape index (κ2) is 15.8. The molecule has 256 valence electrons. The molecule has 2 amide bonds. The van der Waals surface area contributed by atoms with Gasteiger partial charge in [-0.25, -0.2) is 9.59 Å². The molecule has 1 fully saturated rings. The molecule has 2 aromatic rings. The van der Waals surface area contributed by atoms with Crippen molar-refractivity contribution in [1.29, 1.82) is 0 Å². The average molecular weight is 712 g/mol. The van der Waals surface area contributed by atoms with E-state index in [9.17, 15) is 14.4 Å². The van der Waals surface area contributed by atoms with Crippen LogP contribution >= 0.6 is 34.8 Å². The van der Waals surface area contributed by atoms with Crippen LogP contribution in [0, 0.1) is 0 Å². The third-order valence-corrected chi connectivity index (χ3v) is 9.55. The third kappa shape index (κ3) is 8.84. The number of ether oxygens (including phenoxy) is 5. The minimum Gasteiger partial charge on any atom is -0.496 e.